The van der Waals surface area contributed by atoms with Crippen molar-refractivity contribution >= 4 is 6.09 Å². The SMILES string of the molecule is CCOC(=O)N1CCC(N2CCN(C)CC2)CC1. The van der Waals surface area contributed by atoms with Gasteiger partial charge in [0.2, 0.25) is 0 Å². The number of nitrogens with zero attached hydrogens (tertiary/aromatic N) is 3. The van der Waals surface area contributed by atoms with Gasteiger partial charge in [0.05, 0.1) is 6.61 Å². The van der Waals surface area contributed by atoms with E-state index >= 15 is 0 Å². The number of hydrogen-bond donors (Lipinski definition) is 0. The van der Waals surface area contributed by atoms with Gasteiger partial charge in [-0.15, -0.1) is 0 Å². The molecule has 0 radical (unpaired) electrons. The van der Waals surface area contributed by atoms with E-state index in [2.05, 4.69) is 16.8 Å². The van der Waals surface area contributed by atoms with Gasteiger partial charge in [0.1, 0.15) is 0 Å². The fourth-order valence-corrected chi connectivity index (χ4v) is 2.82. The molecule has 0 atom stereocenters. The fraction of sp³-hybridized carbons (Fsp3) is 0.923. The molecule has 2 heterocycles. The molecule has 0 aromatic heterocycles. The smallest absolute Gasteiger partial charge is 0.409 e. The standard InChI is InChI=1S/C13H25N3O2/c1-3-18-13(17)16-6-4-12(5-7-16)15-10-8-14(2)9-11-15/h12H,3-11H2,1-2H3. The quantitative estimate of drug-likeness (QED) is 0.733. The molecule has 0 spiro atoms. The number of carbonyl (C=O) groups is 1. The lowest BCUT2D eigenvalue weighted by Gasteiger charge is -2.41. The molecule has 0 bridgehead atoms. The number of piperazine rings is 1. The third kappa shape index (κ3) is 3.36. The Balaban J connectivity index is 1.74. The van der Waals surface area contributed by atoms with E-state index in [9.17, 15) is 4.79 Å². The first kappa shape index (κ1) is 13.6. The summed E-state index contributed by atoms with van der Waals surface area (Å²) in [6.45, 7) is 8.68. The Morgan fingerprint density at radius 1 is 1.11 bits per heavy atom. The van der Waals surface area contributed by atoms with Crippen molar-refractivity contribution in [2.45, 2.75) is 25.8 Å². The van der Waals surface area contributed by atoms with E-state index in [1.54, 1.807) is 0 Å². The van der Waals surface area contributed by atoms with E-state index < -0.39 is 0 Å². The summed E-state index contributed by atoms with van der Waals surface area (Å²) >= 11 is 0. The Bertz CT molecular complexity index is 269. The molecule has 0 aromatic rings. The van der Waals surface area contributed by atoms with Gasteiger partial charge in [-0.05, 0) is 26.8 Å². The van der Waals surface area contributed by atoms with E-state index in [0.717, 1.165) is 39.0 Å². The highest BCUT2D eigenvalue weighted by molar-refractivity contribution is 5.67. The zero-order valence-corrected chi connectivity index (χ0v) is 11.6. The Kier molecular flexibility index (Phi) is 4.83. The van der Waals surface area contributed by atoms with Gasteiger partial charge in [0, 0.05) is 45.3 Å². The summed E-state index contributed by atoms with van der Waals surface area (Å²) in [4.78, 5) is 18.4. The predicted molar refractivity (Wildman–Crippen MR) is 70.7 cm³/mol. The number of likely N-dealkylation sites (N-methyl/N-ethyl adjacent to an activating group) is 1. The van der Waals surface area contributed by atoms with Crippen LogP contribution in [0.15, 0.2) is 0 Å². The minimum Gasteiger partial charge on any atom is -0.450 e. The maximum absolute atomic E-state index is 11.6. The van der Waals surface area contributed by atoms with Gasteiger partial charge in [-0.3, -0.25) is 4.90 Å². The molecule has 2 aliphatic heterocycles. The molecule has 0 unspecified atom stereocenters. The molecule has 0 aromatic carbocycles. The normalized spacial score (nSPS) is 24.2. The van der Waals surface area contributed by atoms with Crippen molar-refractivity contribution in [3.05, 3.63) is 0 Å². The minimum absolute atomic E-state index is 0.144. The lowest BCUT2D eigenvalue weighted by molar-refractivity contribution is 0.0560. The first-order valence-electron chi connectivity index (χ1n) is 7.05. The van der Waals surface area contributed by atoms with E-state index in [1.807, 2.05) is 11.8 Å². The number of hydrogen-bond acceptors (Lipinski definition) is 4. The Labute approximate surface area is 110 Å². The summed E-state index contributed by atoms with van der Waals surface area (Å²) in [6.07, 6.45) is 2.03. The third-order valence-corrected chi connectivity index (χ3v) is 4.04. The molecule has 5 nitrogen and oxygen atoms in total. The van der Waals surface area contributed by atoms with E-state index in [1.165, 1.54) is 13.1 Å². The molecule has 0 saturated carbocycles. The first-order chi connectivity index (χ1) is 8.70. The van der Waals surface area contributed by atoms with Crippen LogP contribution >= 0.6 is 0 Å². The molecule has 5 heteroatoms. The summed E-state index contributed by atoms with van der Waals surface area (Å²) in [5.41, 5.74) is 0. The van der Waals surface area contributed by atoms with Crippen LogP contribution in [0.2, 0.25) is 0 Å². The van der Waals surface area contributed by atoms with E-state index in [0.29, 0.717) is 12.6 Å². The van der Waals surface area contributed by atoms with Crippen LogP contribution < -0.4 is 0 Å². The van der Waals surface area contributed by atoms with Crippen molar-refractivity contribution in [2.24, 2.45) is 0 Å². The third-order valence-electron chi connectivity index (χ3n) is 4.04. The second kappa shape index (κ2) is 6.38. The van der Waals surface area contributed by atoms with Crippen molar-refractivity contribution < 1.29 is 9.53 Å². The Morgan fingerprint density at radius 3 is 2.28 bits per heavy atom. The molecule has 2 rings (SSSR count). The number of amides is 1. The largest absolute Gasteiger partial charge is 0.450 e. The summed E-state index contributed by atoms with van der Waals surface area (Å²) in [5.74, 6) is 0. The van der Waals surface area contributed by atoms with Crippen LogP contribution in [-0.2, 0) is 4.74 Å². The highest BCUT2D eigenvalue weighted by Gasteiger charge is 2.28. The van der Waals surface area contributed by atoms with Crippen LogP contribution in [0.25, 0.3) is 0 Å². The monoisotopic (exact) mass is 255 g/mol. The van der Waals surface area contributed by atoms with Crippen molar-refractivity contribution in [1.29, 1.82) is 0 Å². The average Bonchev–Trinajstić information content (AvgIpc) is 2.40. The first-order valence-corrected chi connectivity index (χ1v) is 7.05. The summed E-state index contributed by atoms with van der Waals surface area (Å²) in [5, 5.41) is 0. The van der Waals surface area contributed by atoms with Crippen LogP contribution in [0, 0.1) is 0 Å². The number of carbonyl (C=O) groups excluding carboxylic acids is 1. The van der Waals surface area contributed by atoms with Crippen LogP contribution in [0.1, 0.15) is 19.8 Å². The molecule has 2 fully saturated rings. The summed E-state index contributed by atoms with van der Waals surface area (Å²) < 4.78 is 5.04. The summed E-state index contributed by atoms with van der Waals surface area (Å²) in [7, 11) is 2.18. The summed E-state index contributed by atoms with van der Waals surface area (Å²) in [6, 6.07) is 0.657. The molecular weight excluding hydrogens is 230 g/mol. The number of piperidine rings is 1. The van der Waals surface area contributed by atoms with Gasteiger partial charge in [-0.25, -0.2) is 4.79 Å². The molecule has 18 heavy (non-hydrogen) atoms. The highest BCUT2D eigenvalue weighted by atomic mass is 16.6. The number of likely N-dealkylation sites (tertiary alicyclic amines) is 1. The second-order valence-corrected chi connectivity index (χ2v) is 5.26. The zero-order chi connectivity index (χ0) is 13.0. The second-order valence-electron chi connectivity index (χ2n) is 5.26. The lowest BCUT2D eigenvalue weighted by Crippen LogP contribution is -2.53. The van der Waals surface area contributed by atoms with Crippen LogP contribution in [0.3, 0.4) is 0 Å². The van der Waals surface area contributed by atoms with Gasteiger partial charge in [0.15, 0.2) is 0 Å². The topological polar surface area (TPSA) is 36.0 Å². The van der Waals surface area contributed by atoms with Gasteiger partial charge in [-0.2, -0.15) is 0 Å². The Hall–Kier alpha value is -0.810. The van der Waals surface area contributed by atoms with Crippen molar-refractivity contribution in [1.82, 2.24) is 14.7 Å². The Morgan fingerprint density at radius 2 is 1.72 bits per heavy atom. The number of ether oxygens (including phenoxy) is 1. The average molecular weight is 255 g/mol. The molecule has 2 saturated heterocycles. The van der Waals surface area contributed by atoms with Gasteiger partial charge in [0.25, 0.3) is 0 Å². The van der Waals surface area contributed by atoms with Gasteiger partial charge >= 0.3 is 6.09 Å². The van der Waals surface area contributed by atoms with E-state index in [-0.39, 0.29) is 6.09 Å². The fourth-order valence-electron chi connectivity index (χ4n) is 2.82. The lowest BCUT2D eigenvalue weighted by atomic mass is 10.0. The van der Waals surface area contributed by atoms with Crippen LogP contribution in [0.5, 0.6) is 0 Å². The van der Waals surface area contributed by atoms with Gasteiger partial charge in [-0.1, -0.05) is 0 Å². The van der Waals surface area contributed by atoms with Crippen molar-refractivity contribution in [3.8, 4) is 0 Å². The molecule has 2 aliphatic rings. The van der Waals surface area contributed by atoms with E-state index in [4.69, 9.17) is 4.74 Å². The van der Waals surface area contributed by atoms with Gasteiger partial charge < -0.3 is 14.5 Å². The maximum atomic E-state index is 11.6. The zero-order valence-electron chi connectivity index (χ0n) is 11.6. The molecule has 0 aliphatic carbocycles. The van der Waals surface area contributed by atoms with Crippen LogP contribution in [0.4, 0.5) is 4.79 Å². The molecule has 104 valence electrons. The van der Waals surface area contributed by atoms with Crippen molar-refractivity contribution in [3.63, 3.8) is 0 Å². The minimum atomic E-state index is -0.144. The highest BCUT2D eigenvalue weighted by Crippen LogP contribution is 2.18. The van der Waals surface area contributed by atoms with Crippen LogP contribution in [-0.4, -0.2) is 79.8 Å². The maximum Gasteiger partial charge on any atom is 0.409 e. The predicted octanol–water partition coefficient (Wildman–Crippen LogP) is 0.855. The number of rotatable bonds is 2. The molecular formula is C13H25N3O2. The van der Waals surface area contributed by atoms with Crippen molar-refractivity contribution in [2.75, 3.05) is 52.9 Å². The molecule has 1 amide bonds. The molecule has 0 N–H and O–H groups in total.